The Morgan fingerprint density at radius 3 is 2.72 bits per heavy atom. The van der Waals surface area contributed by atoms with Crippen LogP contribution in [0.4, 0.5) is 0 Å². The molecule has 2 atom stereocenters. The molecule has 0 N–H and O–H groups in total. The summed E-state index contributed by atoms with van der Waals surface area (Å²) >= 11 is 0. The van der Waals surface area contributed by atoms with E-state index in [1.54, 1.807) is 0 Å². The Morgan fingerprint density at radius 1 is 1.28 bits per heavy atom. The standard InChI is InChI=1S/C22H29NO2/c1-17-14-18(2)16-20(15-17)10-6-5-9-13-23(19(3)24)22(25)21-11-7-4-8-12-21/h7,11-12,15,17-18H,4-5,8-9,13-14,16H2,1-3H3. The molecule has 2 aliphatic rings. The van der Waals surface area contributed by atoms with Crippen molar-refractivity contribution in [1.29, 1.82) is 0 Å². The lowest BCUT2D eigenvalue weighted by Gasteiger charge is -2.21. The first kappa shape index (κ1) is 19.2. The van der Waals surface area contributed by atoms with Crippen LogP contribution in [0, 0.1) is 23.7 Å². The Kier molecular flexibility index (Phi) is 7.25. The molecule has 25 heavy (non-hydrogen) atoms. The number of carbonyl (C=O) groups is 2. The van der Waals surface area contributed by atoms with Crippen LogP contribution in [0.3, 0.4) is 0 Å². The normalized spacial score (nSPS) is 22.4. The highest BCUT2D eigenvalue weighted by Crippen LogP contribution is 2.27. The van der Waals surface area contributed by atoms with Crippen molar-refractivity contribution in [2.24, 2.45) is 11.8 Å². The van der Waals surface area contributed by atoms with Gasteiger partial charge in [0.1, 0.15) is 0 Å². The highest BCUT2D eigenvalue weighted by atomic mass is 16.2. The number of nitrogens with zero attached hydrogens (tertiary/aromatic N) is 1. The average molecular weight is 339 g/mol. The molecular weight excluding hydrogens is 310 g/mol. The van der Waals surface area contributed by atoms with Gasteiger partial charge in [-0.05, 0) is 49.5 Å². The van der Waals surface area contributed by atoms with Gasteiger partial charge in [0.25, 0.3) is 5.91 Å². The number of allylic oxidation sites excluding steroid dienone is 4. The van der Waals surface area contributed by atoms with Crippen LogP contribution in [0.25, 0.3) is 0 Å². The molecule has 0 spiro atoms. The van der Waals surface area contributed by atoms with Gasteiger partial charge in [-0.3, -0.25) is 14.5 Å². The molecule has 3 heteroatoms. The Hall–Kier alpha value is -2.08. The summed E-state index contributed by atoms with van der Waals surface area (Å²) in [6.07, 6.45) is 13.5. The second-order valence-corrected chi connectivity index (χ2v) is 7.23. The van der Waals surface area contributed by atoms with E-state index in [1.165, 1.54) is 23.8 Å². The van der Waals surface area contributed by atoms with Gasteiger partial charge in [0.2, 0.25) is 5.91 Å². The summed E-state index contributed by atoms with van der Waals surface area (Å²) in [5.74, 6) is 7.41. The molecule has 134 valence electrons. The van der Waals surface area contributed by atoms with E-state index < -0.39 is 0 Å². The van der Waals surface area contributed by atoms with Crippen LogP contribution < -0.4 is 0 Å². The molecule has 0 aromatic rings. The molecule has 0 aromatic heterocycles. The summed E-state index contributed by atoms with van der Waals surface area (Å²) in [5, 5.41) is 0. The molecule has 0 radical (unpaired) electrons. The van der Waals surface area contributed by atoms with Crippen LogP contribution in [-0.2, 0) is 9.59 Å². The number of rotatable bonds is 4. The van der Waals surface area contributed by atoms with E-state index in [4.69, 9.17) is 0 Å². The summed E-state index contributed by atoms with van der Waals surface area (Å²) in [6, 6.07) is 0. The first-order valence-corrected chi connectivity index (χ1v) is 9.36. The van der Waals surface area contributed by atoms with Crippen molar-refractivity contribution < 1.29 is 9.59 Å². The summed E-state index contributed by atoms with van der Waals surface area (Å²) in [4.78, 5) is 25.6. The van der Waals surface area contributed by atoms with E-state index in [1.807, 2.05) is 18.2 Å². The Labute approximate surface area is 151 Å². The van der Waals surface area contributed by atoms with Crippen molar-refractivity contribution in [2.75, 3.05) is 6.54 Å². The third-order valence-corrected chi connectivity index (χ3v) is 4.63. The molecule has 0 saturated carbocycles. The summed E-state index contributed by atoms with van der Waals surface area (Å²) in [5.41, 5.74) is 1.87. The molecule has 0 fully saturated rings. The third-order valence-electron chi connectivity index (χ3n) is 4.63. The first-order valence-electron chi connectivity index (χ1n) is 9.36. The summed E-state index contributed by atoms with van der Waals surface area (Å²) < 4.78 is 0. The van der Waals surface area contributed by atoms with E-state index >= 15 is 0 Å². The highest BCUT2D eigenvalue weighted by Gasteiger charge is 2.20. The zero-order valence-electron chi connectivity index (χ0n) is 15.7. The minimum absolute atomic E-state index is 0.186. The van der Waals surface area contributed by atoms with Crippen molar-refractivity contribution in [3.05, 3.63) is 35.5 Å². The molecule has 0 bridgehead atoms. The van der Waals surface area contributed by atoms with Crippen LogP contribution >= 0.6 is 0 Å². The number of imide groups is 1. The monoisotopic (exact) mass is 339 g/mol. The van der Waals surface area contributed by atoms with Crippen molar-refractivity contribution in [3.63, 3.8) is 0 Å². The van der Waals surface area contributed by atoms with E-state index in [2.05, 4.69) is 31.8 Å². The van der Waals surface area contributed by atoms with Gasteiger partial charge in [-0.2, -0.15) is 0 Å². The minimum Gasteiger partial charge on any atom is -0.279 e. The number of amides is 2. The number of unbranched alkanes of at least 4 members (excludes halogenated alkanes) is 1. The predicted molar refractivity (Wildman–Crippen MR) is 102 cm³/mol. The Bertz CT molecular complexity index is 657. The molecule has 2 unspecified atom stereocenters. The molecule has 0 saturated heterocycles. The second kappa shape index (κ2) is 9.42. The molecule has 0 aliphatic heterocycles. The molecule has 0 heterocycles. The first-order chi connectivity index (χ1) is 12.0. The average Bonchev–Trinajstić information content (AvgIpc) is 2.57. The fourth-order valence-electron chi connectivity index (χ4n) is 3.50. The van der Waals surface area contributed by atoms with Crippen LogP contribution in [0.5, 0.6) is 0 Å². The Balaban J connectivity index is 1.85. The lowest BCUT2D eigenvalue weighted by atomic mass is 9.84. The van der Waals surface area contributed by atoms with Gasteiger partial charge in [-0.1, -0.05) is 50.0 Å². The van der Waals surface area contributed by atoms with E-state index in [9.17, 15) is 9.59 Å². The number of carbonyl (C=O) groups excluding carboxylic acids is 2. The quantitative estimate of drug-likeness (QED) is 0.562. The fraction of sp³-hybridized carbons (Fsp3) is 0.545. The Morgan fingerprint density at radius 2 is 2.08 bits per heavy atom. The van der Waals surface area contributed by atoms with Gasteiger partial charge in [0, 0.05) is 25.5 Å². The molecule has 0 aromatic carbocycles. The van der Waals surface area contributed by atoms with E-state index in [-0.39, 0.29) is 11.8 Å². The maximum Gasteiger partial charge on any atom is 0.260 e. The van der Waals surface area contributed by atoms with Gasteiger partial charge in [-0.25, -0.2) is 0 Å². The van der Waals surface area contributed by atoms with E-state index in [0.29, 0.717) is 36.8 Å². The van der Waals surface area contributed by atoms with Crippen LogP contribution in [0.15, 0.2) is 35.5 Å². The minimum atomic E-state index is -0.199. The van der Waals surface area contributed by atoms with Gasteiger partial charge in [0.05, 0.1) is 0 Å². The van der Waals surface area contributed by atoms with Crippen molar-refractivity contribution in [2.45, 2.75) is 59.3 Å². The maximum atomic E-state index is 12.5. The largest absolute Gasteiger partial charge is 0.279 e. The van der Waals surface area contributed by atoms with E-state index in [0.717, 1.165) is 19.3 Å². The number of hydrogen-bond donors (Lipinski definition) is 0. The summed E-state index contributed by atoms with van der Waals surface area (Å²) in [7, 11) is 0. The van der Waals surface area contributed by atoms with Crippen molar-refractivity contribution >= 4 is 11.8 Å². The molecular formula is C22H29NO2. The third kappa shape index (κ3) is 6.05. The van der Waals surface area contributed by atoms with Crippen molar-refractivity contribution in [3.8, 4) is 11.8 Å². The van der Waals surface area contributed by atoms with Crippen molar-refractivity contribution in [1.82, 2.24) is 4.90 Å². The van der Waals surface area contributed by atoms with Crippen LogP contribution in [0.1, 0.15) is 59.3 Å². The highest BCUT2D eigenvalue weighted by molar-refractivity contribution is 6.05. The summed E-state index contributed by atoms with van der Waals surface area (Å²) in [6.45, 7) is 6.39. The van der Waals surface area contributed by atoms with Crippen LogP contribution in [0.2, 0.25) is 0 Å². The lowest BCUT2D eigenvalue weighted by Crippen LogP contribution is -2.36. The van der Waals surface area contributed by atoms with Gasteiger partial charge in [0.15, 0.2) is 0 Å². The van der Waals surface area contributed by atoms with Gasteiger partial charge >= 0.3 is 0 Å². The molecule has 2 rings (SSSR count). The van der Waals surface area contributed by atoms with Gasteiger partial charge in [-0.15, -0.1) is 0 Å². The smallest absolute Gasteiger partial charge is 0.260 e. The molecule has 3 nitrogen and oxygen atoms in total. The second-order valence-electron chi connectivity index (χ2n) is 7.23. The van der Waals surface area contributed by atoms with Gasteiger partial charge < -0.3 is 0 Å². The zero-order chi connectivity index (χ0) is 18.2. The lowest BCUT2D eigenvalue weighted by molar-refractivity contribution is -0.140. The SMILES string of the molecule is CC(=O)N(CCCC#CC1=CC(C)CC(C)C1)C(=O)C1=CCCC=C1. The zero-order valence-corrected chi connectivity index (χ0v) is 15.7. The topological polar surface area (TPSA) is 37.4 Å². The predicted octanol–water partition coefficient (Wildman–Crippen LogP) is 4.41. The number of hydrogen-bond acceptors (Lipinski definition) is 2. The maximum absolute atomic E-state index is 12.5. The fourth-order valence-corrected chi connectivity index (χ4v) is 3.50. The van der Waals surface area contributed by atoms with Crippen LogP contribution in [-0.4, -0.2) is 23.3 Å². The molecule has 2 amide bonds. The molecule has 2 aliphatic carbocycles.